The molecule has 0 amide bonds. The maximum Gasteiger partial charge on any atom is 0.222 e. The predicted molar refractivity (Wildman–Crippen MR) is 72.7 cm³/mol. The molecule has 88 valence electrons. The Hall–Kier alpha value is -1.06. The van der Waals surface area contributed by atoms with Gasteiger partial charge in [0.1, 0.15) is 5.75 Å². The van der Waals surface area contributed by atoms with Crippen molar-refractivity contribution in [1.29, 1.82) is 0 Å². The second-order valence-corrected chi connectivity index (χ2v) is 4.84. The number of nitrogens with zero attached hydrogens (tertiary/aromatic N) is 1. The molecule has 0 spiro atoms. The van der Waals surface area contributed by atoms with Crippen molar-refractivity contribution in [2.24, 2.45) is 0 Å². The molecule has 4 heteroatoms. The number of alkyl halides is 1. The van der Waals surface area contributed by atoms with Gasteiger partial charge in [0, 0.05) is 22.1 Å². The van der Waals surface area contributed by atoms with Crippen LogP contribution in [0.3, 0.4) is 0 Å². The van der Waals surface area contributed by atoms with Gasteiger partial charge >= 0.3 is 0 Å². The molecule has 0 saturated carbocycles. The van der Waals surface area contributed by atoms with Gasteiger partial charge in [0.2, 0.25) is 5.88 Å². The van der Waals surface area contributed by atoms with Crippen molar-refractivity contribution in [3.8, 4) is 11.6 Å². The van der Waals surface area contributed by atoms with Crippen molar-refractivity contribution in [2.45, 2.75) is 12.8 Å². The number of ether oxygens (including phenoxy) is 1. The van der Waals surface area contributed by atoms with Crippen LogP contribution in [0, 0.1) is 6.92 Å². The number of halogens is 2. The topological polar surface area (TPSA) is 22.1 Å². The van der Waals surface area contributed by atoms with Crippen molar-refractivity contribution in [2.75, 3.05) is 0 Å². The van der Waals surface area contributed by atoms with E-state index in [9.17, 15) is 0 Å². The summed E-state index contributed by atoms with van der Waals surface area (Å²) in [7, 11) is 0. The van der Waals surface area contributed by atoms with Gasteiger partial charge in [-0.2, -0.15) is 0 Å². The Bertz CT molecular complexity index is 513. The lowest BCUT2D eigenvalue weighted by atomic mass is 10.2. The molecular weight excluding hydrogens is 302 g/mol. The Morgan fingerprint density at radius 2 is 2.00 bits per heavy atom. The lowest BCUT2D eigenvalue weighted by molar-refractivity contribution is 0.458. The minimum Gasteiger partial charge on any atom is -0.439 e. The molecule has 0 fully saturated rings. The van der Waals surface area contributed by atoms with Gasteiger partial charge in [-0.05, 0) is 42.8 Å². The Balaban J connectivity index is 2.21. The number of aryl methyl sites for hydroxylation is 1. The van der Waals surface area contributed by atoms with Gasteiger partial charge in [-0.15, -0.1) is 11.6 Å². The van der Waals surface area contributed by atoms with E-state index < -0.39 is 0 Å². The largest absolute Gasteiger partial charge is 0.439 e. The van der Waals surface area contributed by atoms with Crippen LogP contribution in [-0.4, -0.2) is 4.98 Å². The number of aromatic nitrogens is 1. The fourth-order valence-electron chi connectivity index (χ4n) is 1.41. The Morgan fingerprint density at radius 1 is 1.29 bits per heavy atom. The molecule has 17 heavy (non-hydrogen) atoms. The average molecular weight is 313 g/mol. The standard InChI is InChI=1S/C13H11BrClNO/c1-9-6-10(7-15)8-16-13(9)17-12-4-2-11(14)3-5-12/h2-6,8H,7H2,1H3. The smallest absolute Gasteiger partial charge is 0.222 e. The van der Waals surface area contributed by atoms with Crippen molar-refractivity contribution in [1.82, 2.24) is 4.98 Å². The third kappa shape index (κ3) is 3.20. The highest BCUT2D eigenvalue weighted by Gasteiger charge is 2.04. The molecule has 0 aliphatic heterocycles. The molecule has 0 bridgehead atoms. The van der Waals surface area contributed by atoms with E-state index in [-0.39, 0.29) is 0 Å². The first-order chi connectivity index (χ1) is 8.19. The molecule has 0 aliphatic carbocycles. The average Bonchev–Trinajstić information content (AvgIpc) is 2.34. The van der Waals surface area contributed by atoms with Crippen molar-refractivity contribution in [3.63, 3.8) is 0 Å². The zero-order valence-electron chi connectivity index (χ0n) is 9.28. The zero-order chi connectivity index (χ0) is 12.3. The molecule has 0 aliphatic rings. The van der Waals surface area contributed by atoms with Crippen molar-refractivity contribution < 1.29 is 4.74 Å². The van der Waals surface area contributed by atoms with Crippen LogP contribution in [0.4, 0.5) is 0 Å². The fourth-order valence-corrected chi connectivity index (χ4v) is 1.83. The van der Waals surface area contributed by atoms with Crippen LogP contribution in [0.25, 0.3) is 0 Å². The van der Waals surface area contributed by atoms with E-state index in [4.69, 9.17) is 16.3 Å². The number of hydrogen-bond donors (Lipinski definition) is 0. The molecular formula is C13H11BrClNO. The first-order valence-electron chi connectivity index (χ1n) is 5.14. The third-order valence-corrected chi connectivity index (χ3v) is 3.11. The van der Waals surface area contributed by atoms with E-state index in [2.05, 4.69) is 20.9 Å². The molecule has 0 radical (unpaired) electrons. The molecule has 0 saturated heterocycles. The highest BCUT2D eigenvalue weighted by Crippen LogP contribution is 2.24. The quantitative estimate of drug-likeness (QED) is 0.767. The maximum absolute atomic E-state index is 5.74. The summed E-state index contributed by atoms with van der Waals surface area (Å²) in [5.41, 5.74) is 1.97. The summed E-state index contributed by atoms with van der Waals surface area (Å²) in [4.78, 5) is 4.25. The predicted octanol–water partition coefficient (Wildman–Crippen LogP) is 4.68. The minimum absolute atomic E-state index is 0.465. The van der Waals surface area contributed by atoms with E-state index in [1.165, 1.54) is 0 Å². The van der Waals surface area contributed by atoms with E-state index in [0.29, 0.717) is 11.8 Å². The van der Waals surface area contributed by atoms with Crippen molar-refractivity contribution in [3.05, 3.63) is 52.1 Å². The van der Waals surface area contributed by atoms with Gasteiger partial charge in [-0.1, -0.05) is 15.9 Å². The summed E-state index contributed by atoms with van der Waals surface area (Å²) in [6, 6.07) is 9.62. The first kappa shape index (κ1) is 12.4. The molecule has 0 unspecified atom stereocenters. The summed E-state index contributed by atoms with van der Waals surface area (Å²) in [6.07, 6.45) is 1.73. The van der Waals surface area contributed by atoms with Crippen LogP contribution in [0.2, 0.25) is 0 Å². The van der Waals surface area contributed by atoms with Crippen LogP contribution in [-0.2, 0) is 5.88 Å². The molecule has 1 aromatic carbocycles. The van der Waals surface area contributed by atoms with Crippen molar-refractivity contribution >= 4 is 27.5 Å². The first-order valence-corrected chi connectivity index (χ1v) is 6.46. The summed E-state index contributed by atoms with van der Waals surface area (Å²) in [6.45, 7) is 1.96. The molecule has 1 heterocycles. The van der Waals surface area contributed by atoms with Gasteiger partial charge < -0.3 is 4.74 Å². The van der Waals surface area contributed by atoms with E-state index >= 15 is 0 Å². The Kier molecular flexibility index (Phi) is 4.02. The van der Waals surface area contributed by atoms with E-state index in [1.54, 1.807) is 6.20 Å². The summed E-state index contributed by atoms with van der Waals surface area (Å²) < 4.78 is 6.71. The van der Waals surface area contributed by atoms with E-state index in [1.807, 2.05) is 37.3 Å². The highest BCUT2D eigenvalue weighted by atomic mass is 79.9. The van der Waals surface area contributed by atoms with Crippen LogP contribution in [0.5, 0.6) is 11.6 Å². The van der Waals surface area contributed by atoms with E-state index in [0.717, 1.165) is 21.3 Å². The van der Waals surface area contributed by atoms with Gasteiger partial charge in [0.15, 0.2) is 0 Å². The normalized spacial score (nSPS) is 10.3. The molecule has 2 aromatic rings. The Morgan fingerprint density at radius 3 is 2.59 bits per heavy atom. The zero-order valence-corrected chi connectivity index (χ0v) is 11.6. The minimum atomic E-state index is 0.465. The maximum atomic E-state index is 5.74. The molecule has 2 rings (SSSR count). The highest BCUT2D eigenvalue weighted by molar-refractivity contribution is 9.10. The molecule has 0 atom stereocenters. The third-order valence-electron chi connectivity index (χ3n) is 2.27. The molecule has 1 aromatic heterocycles. The second kappa shape index (κ2) is 5.52. The van der Waals surface area contributed by atoms with Crippen LogP contribution >= 0.6 is 27.5 Å². The fraction of sp³-hybridized carbons (Fsp3) is 0.154. The lowest BCUT2D eigenvalue weighted by Crippen LogP contribution is -1.92. The Labute approximate surface area is 114 Å². The monoisotopic (exact) mass is 311 g/mol. The van der Waals surface area contributed by atoms with Crippen LogP contribution in [0.15, 0.2) is 41.0 Å². The number of rotatable bonds is 3. The van der Waals surface area contributed by atoms with Gasteiger partial charge in [-0.25, -0.2) is 4.98 Å². The SMILES string of the molecule is Cc1cc(CCl)cnc1Oc1ccc(Br)cc1. The number of benzene rings is 1. The number of hydrogen-bond acceptors (Lipinski definition) is 2. The van der Waals surface area contributed by atoms with Crippen LogP contribution < -0.4 is 4.74 Å². The van der Waals surface area contributed by atoms with Gasteiger partial charge in [-0.3, -0.25) is 0 Å². The summed E-state index contributed by atoms with van der Waals surface area (Å²) >= 11 is 9.12. The lowest BCUT2D eigenvalue weighted by Gasteiger charge is -2.08. The summed E-state index contributed by atoms with van der Waals surface area (Å²) in [5.74, 6) is 1.84. The summed E-state index contributed by atoms with van der Waals surface area (Å²) in [5, 5.41) is 0. The van der Waals surface area contributed by atoms with Gasteiger partial charge in [0.25, 0.3) is 0 Å². The second-order valence-electron chi connectivity index (χ2n) is 3.66. The molecule has 2 nitrogen and oxygen atoms in total. The number of pyridine rings is 1. The molecule has 0 N–H and O–H groups in total. The van der Waals surface area contributed by atoms with Gasteiger partial charge in [0.05, 0.1) is 0 Å². The van der Waals surface area contributed by atoms with Crippen LogP contribution in [0.1, 0.15) is 11.1 Å².